The van der Waals surface area contributed by atoms with Crippen LogP contribution < -0.4 is 0 Å². The molecule has 6 heteroatoms. The second kappa shape index (κ2) is 9.42. The van der Waals surface area contributed by atoms with Crippen LogP contribution in [0.25, 0.3) is 10.4 Å². The average Bonchev–Trinajstić information content (AvgIpc) is 2.46. The summed E-state index contributed by atoms with van der Waals surface area (Å²) in [7, 11) is 0. The lowest BCUT2D eigenvalue weighted by Crippen LogP contribution is -2.27. The van der Waals surface area contributed by atoms with Gasteiger partial charge in [-0.25, -0.2) is 0 Å². The number of esters is 1. The molecule has 0 saturated heterocycles. The quantitative estimate of drug-likeness (QED) is 0.284. The number of ether oxygens (including phenoxy) is 1. The molecular formula is C15H25N3O3. The fraction of sp³-hybridized carbons (Fsp3) is 0.800. The summed E-state index contributed by atoms with van der Waals surface area (Å²) >= 11 is 0. The number of carbonyl (C=O) groups excluding carboxylic acids is 1. The molecule has 21 heavy (non-hydrogen) atoms. The van der Waals surface area contributed by atoms with E-state index in [2.05, 4.69) is 10.0 Å². The predicted molar refractivity (Wildman–Crippen MR) is 80.5 cm³/mol. The molecule has 1 rings (SSSR count). The smallest absolute Gasteiger partial charge is 0.306 e. The molecule has 0 amide bonds. The van der Waals surface area contributed by atoms with E-state index in [9.17, 15) is 9.90 Å². The number of aliphatic hydroxyl groups is 1. The molecule has 0 bridgehead atoms. The Morgan fingerprint density at radius 2 is 2.24 bits per heavy atom. The lowest BCUT2D eigenvalue weighted by atomic mass is 9.95. The van der Waals surface area contributed by atoms with Crippen molar-refractivity contribution in [2.45, 2.75) is 58.2 Å². The van der Waals surface area contributed by atoms with Gasteiger partial charge in [-0.1, -0.05) is 31.1 Å². The zero-order chi connectivity index (χ0) is 15.7. The van der Waals surface area contributed by atoms with E-state index in [0.29, 0.717) is 32.2 Å². The minimum absolute atomic E-state index is 0.0135. The van der Waals surface area contributed by atoms with Crippen molar-refractivity contribution in [3.63, 3.8) is 0 Å². The number of nitrogens with zero attached hydrogens (tertiary/aromatic N) is 3. The van der Waals surface area contributed by atoms with E-state index in [1.807, 2.05) is 26.0 Å². The largest absolute Gasteiger partial charge is 0.462 e. The summed E-state index contributed by atoms with van der Waals surface area (Å²) in [6.07, 6.45) is 6.35. The van der Waals surface area contributed by atoms with Crippen LogP contribution in [-0.2, 0) is 9.53 Å². The van der Waals surface area contributed by atoms with Gasteiger partial charge in [0.2, 0.25) is 0 Å². The van der Waals surface area contributed by atoms with Gasteiger partial charge < -0.3 is 9.84 Å². The molecule has 1 N–H and O–H groups in total. The van der Waals surface area contributed by atoms with E-state index in [1.54, 1.807) is 0 Å². The van der Waals surface area contributed by atoms with E-state index in [0.717, 1.165) is 6.42 Å². The van der Waals surface area contributed by atoms with Gasteiger partial charge in [-0.15, -0.1) is 0 Å². The molecule has 0 spiro atoms. The maximum atomic E-state index is 11.8. The molecule has 1 aliphatic rings. The second-order valence-corrected chi connectivity index (χ2v) is 5.80. The summed E-state index contributed by atoms with van der Waals surface area (Å²) in [4.78, 5) is 14.6. The van der Waals surface area contributed by atoms with Crippen LogP contribution >= 0.6 is 0 Å². The Morgan fingerprint density at radius 1 is 1.52 bits per heavy atom. The number of carbonyl (C=O) groups is 1. The normalized spacial score (nSPS) is 29.5. The van der Waals surface area contributed by atoms with Gasteiger partial charge >= 0.3 is 5.97 Å². The highest BCUT2D eigenvalue weighted by Crippen LogP contribution is 2.19. The molecule has 6 nitrogen and oxygen atoms in total. The molecule has 0 aliphatic carbocycles. The first-order chi connectivity index (χ1) is 10.0. The van der Waals surface area contributed by atoms with E-state index >= 15 is 0 Å². The Hall–Kier alpha value is -1.52. The van der Waals surface area contributed by atoms with Gasteiger partial charge in [-0.2, -0.15) is 0 Å². The number of cyclic esters (lactones) is 1. The number of allylic oxidation sites excluding steroid dienone is 1. The number of azide groups is 1. The van der Waals surface area contributed by atoms with Crippen LogP contribution in [0.5, 0.6) is 0 Å². The third-order valence-electron chi connectivity index (χ3n) is 3.93. The van der Waals surface area contributed by atoms with E-state index in [-0.39, 0.29) is 30.0 Å². The Morgan fingerprint density at radius 3 is 2.95 bits per heavy atom. The molecule has 0 fully saturated rings. The Balaban J connectivity index is 2.70. The van der Waals surface area contributed by atoms with Crippen LogP contribution in [0.15, 0.2) is 17.3 Å². The highest BCUT2D eigenvalue weighted by atomic mass is 16.5. The third kappa shape index (κ3) is 6.65. The van der Waals surface area contributed by atoms with Gasteiger partial charge in [-0.05, 0) is 36.6 Å². The van der Waals surface area contributed by atoms with Crippen molar-refractivity contribution < 1.29 is 14.6 Å². The molecule has 1 aliphatic heterocycles. The Labute approximate surface area is 125 Å². The van der Waals surface area contributed by atoms with Crippen LogP contribution in [-0.4, -0.2) is 29.8 Å². The number of rotatable bonds is 3. The van der Waals surface area contributed by atoms with E-state index in [4.69, 9.17) is 10.3 Å². The molecule has 0 radical (unpaired) electrons. The molecule has 0 aromatic heterocycles. The maximum Gasteiger partial charge on any atom is 0.306 e. The van der Waals surface area contributed by atoms with Crippen molar-refractivity contribution in [2.24, 2.45) is 17.0 Å². The van der Waals surface area contributed by atoms with Crippen molar-refractivity contribution in [3.8, 4) is 0 Å². The van der Waals surface area contributed by atoms with Crippen LogP contribution in [0.1, 0.15) is 46.0 Å². The van der Waals surface area contributed by atoms with Gasteiger partial charge in [0, 0.05) is 24.3 Å². The zero-order valence-corrected chi connectivity index (χ0v) is 12.8. The summed E-state index contributed by atoms with van der Waals surface area (Å²) in [6.45, 7) is 4.25. The standard InChI is InChI=1S/C15H25N3O3/c1-11-6-3-4-8-14(12(2)10-17-18-16)21-15(20)9-5-7-13(11)19/h3-4,11-14,19H,5-10H2,1-2H3/t11?,12-,13?,14?/m0/s1. The fourth-order valence-corrected chi connectivity index (χ4v) is 2.35. The lowest BCUT2D eigenvalue weighted by molar-refractivity contribution is -0.151. The van der Waals surface area contributed by atoms with Gasteiger partial charge in [0.25, 0.3) is 0 Å². The molecule has 1 heterocycles. The summed E-state index contributed by atoms with van der Waals surface area (Å²) < 4.78 is 5.49. The van der Waals surface area contributed by atoms with Crippen LogP contribution in [0.3, 0.4) is 0 Å². The number of hydrogen-bond acceptors (Lipinski definition) is 4. The van der Waals surface area contributed by atoms with Crippen LogP contribution in [0.2, 0.25) is 0 Å². The van der Waals surface area contributed by atoms with Gasteiger partial charge in [0.1, 0.15) is 6.10 Å². The van der Waals surface area contributed by atoms with Crippen molar-refractivity contribution in [3.05, 3.63) is 22.6 Å². The first-order valence-electron chi connectivity index (χ1n) is 7.58. The van der Waals surface area contributed by atoms with Crippen molar-refractivity contribution in [1.29, 1.82) is 0 Å². The van der Waals surface area contributed by atoms with E-state index < -0.39 is 0 Å². The van der Waals surface area contributed by atoms with Crippen LogP contribution in [0, 0.1) is 11.8 Å². The molecule has 0 aromatic rings. The SMILES string of the molecule is CC1CC=CCC([C@@H](C)CN=[N+]=[N-])OC(=O)CCCC1O. The topological polar surface area (TPSA) is 95.3 Å². The summed E-state index contributed by atoms with van der Waals surface area (Å²) in [5, 5.41) is 13.5. The maximum absolute atomic E-state index is 11.8. The van der Waals surface area contributed by atoms with E-state index in [1.165, 1.54) is 0 Å². The van der Waals surface area contributed by atoms with Gasteiger partial charge in [0.05, 0.1) is 6.10 Å². The number of aliphatic hydroxyl groups excluding tert-OH is 1. The monoisotopic (exact) mass is 295 g/mol. The highest BCUT2D eigenvalue weighted by Gasteiger charge is 2.21. The van der Waals surface area contributed by atoms with Crippen LogP contribution in [0.4, 0.5) is 0 Å². The molecule has 0 aromatic carbocycles. The average molecular weight is 295 g/mol. The summed E-state index contributed by atoms with van der Waals surface area (Å²) in [5.74, 6) is -0.0715. The summed E-state index contributed by atoms with van der Waals surface area (Å²) in [5.41, 5.74) is 8.38. The lowest BCUT2D eigenvalue weighted by Gasteiger charge is -2.23. The second-order valence-electron chi connectivity index (χ2n) is 5.80. The van der Waals surface area contributed by atoms with Crippen molar-refractivity contribution in [2.75, 3.05) is 6.54 Å². The Bertz CT molecular complexity index is 405. The minimum Gasteiger partial charge on any atom is -0.462 e. The first kappa shape index (κ1) is 17.5. The molecular weight excluding hydrogens is 270 g/mol. The third-order valence-corrected chi connectivity index (χ3v) is 3.93. The van der Waals surface area contributed by atoms with Crippen molar-refractivity contribution in [1.82, 2.24) is 0 Å². The fourth-order valence-electron chi connectivity index (χ4n) is 2.35. The molecule has 0 saturated carbocycles. The zero-order valence-electron chi connectivity index (χ0n) is 12.8. The Kier molecular flexibility index (Phi) is 7.87. The molecule has 3 unspecified atom stereocenters. The van der Waals surface area contributed by atoms with Gasteiger partial charge in [0.15, 0.2) is 0 Å². The van der Waals surface area contributed by atoms with Crippen molar-refractivity contribution >= 4 is 5.97 Å². The first-order valence-corrected chi connectivity index (χ1v) is 7.58. The highest BCUT2D eigenvalue weighted by molar-refractivity contribution is 5.69. The minimum atomic E-state index is -0.374. The van der Waals surface area contributed by atoms with Gasteiger partial charge in [-0.3, -0.25) is 4.79 Å². The number of hydrogen-bond donors (Lipinski definition) is 1. The summed E-state index contributed by atoms with van der Waals surface area (Å²) in [6, 6.07) is 0. The predicted octanol–water partition coefficient (Wildman–Crippen LogP) is 3.36. The molecule has 4 atom stereocenters. The molecule has 118 valence electrons.